The minimum Gasteiger partial charge on any atom is -0.480 e. The number of carboxylic acid groups (broad SMARTS) is 1. The van der Waals surface area contributed by atoms with E-state index in [4.69, 9.17) is 22.3 Å². The molecule has 0 fully saturated rings. The smallest absolute Gasteiger partial charge is 0.320 e. The first-order chi connectivity index (χ1) is 9.47. The van der Waals surface area contributed by atoms with Crippen LogP contribution in [0.25, 0.3) is 0 Å². The van der Waals surface area contributed by atoms with Crippen LogP contribution in [0, 0.1) is 0 Å². The van der Waals surface area contributed by atoms with Crippen molar-refractivity contribution in [3.63, 3.8) is 0 Å². The molecule has 1 atom stereocenters. The number of rotatable bonds is 6. The first-order valence-electron chi connectivity index (χ1n) is 6.01. The molecule has 1 aromatic carbocycles. The number of carboxylic acids is 1. The number of carbonyl (C=O) groups excluding carboxylic acids is 1. The minimum absolute atomic E-state index is 0.0129. The standard InChI is InChI=1S/C7H6O.C6H14N4O2/c8-6-7-4-2-1-3-5-7;7-4(5(11)12)2-1-3-10-6(8)9/h1-6H;4H,1-3,7H2,(H,11,12)(H4,8,9,10)/t;4-/m.0/s1. The zero-order chi connectivity index (χ0) is 15.4. The molecule has 0 bridgehead atoms. The number of guanidine groups is 1. The van der Waals surface area contributed by atoms with E-state index >= 15 is 0 Å². The van der Waals surface area contributed by atoms with Crippen LogP contribution in [0.1, 0.15) is 23.2 Å². The Hall–Kier alpha value is -2.41. The van der Waals surface area contributed by atoms with Crippen LogP contribution < -0.4 is 17.2 Å². The van der Waals surface area contributed by atoms with Gasteiger partial charge in [-0.25, -0.2) is 0 Å². The van der Waals surface area contributed by atoms with Gasteiger partial charge < -0.3 is 22.3 Å². The number of hydrogen-bond acceptors (Lipinski definition) is 4. The monoisotopic (exact) mass is 280 g/mol. The molecule has 7 N–H and O–H groups in total. The molecule has 0 saturated carbocycles. The summed E-state index contributed by atoms with van der Waals surface area (Å²) in [6.07, 6.45) is 1.79. The van der Waals surface area contributed by atoms with Crippen LogP contribution >= 0.6 is 0 Å². The summed E-state index contributed by atoms with van der Waals surface area (Å²) in [5.41, 5.74) is 16.1. The Morgan fingerprint density at radius 1 is 1.30 bits per heavy atom. The van der Waals surface area contributed by atoms with Crippen LogP contribution in [0.3, 0.4) is 0 Å². The molecule has 0 unspecified atom stereocenters. The lowest BCUT2D eigenvalue weighted by atomic mass is 10.2. The number of carbonyl (C=O) groups is 2. The molecular weight excluding hydrogens is 260 g/mol. The van der Waals surface area contributed by atoms with Gasteiger partial charge in [-0.3, -0.25) is 14.6 Å². The van der Waals surface area contributed by atoms with Crippen molar-refractivity contribution in [2.45, 2.75) is 18.9 Å². The zero-order valence-corrected chi connectivity index (χ0v) is 11.1. The van der Waals surface area contributed by atoms with E-state index in [-0.39, 0.29) is 5.96 Å². The van der Waals surface area contributed by atoms with E-state index in [1.165, 1.54) is 0 Å². The third-order valence-corrected chi connectivity index (χ3v) is 2.22. The van der Waals surface area contributed by atoms with Crippen LogP contribution in [0.4, 0.5) is 0 Å². The molecule has 0 aliphatic rings. The fourth-order valence-electron chi connectivity index (χ4n) is 1.17. The number of aldehydes is 1. The second kappa shape index (κ2) is 10.5. The van der Waals surface area contributed by atoms with Gasteiger partial charge in [0.1, 0.15) is 12.3 Å². The molecule has 0 amide bonds. The summed E-state index contributed by atoms with van der Waals surface area (Å²) in [7, 11) is 0. The molecule has 0 spiro atoms. The topological polar surface area (TPSA) is 145 Å². The van der Waals surface area contributed by atoms with E-state index in [9.17, 15) is 9.59 Å². The Balaban J connectivity index is 0.000000388. The lowest BCUT2D eigenvalue weighted by Crippen LogP contribution is -2.30. The van der Waals surface area contributed by atoms with Crippen LogP contribution in [0.2, 0.25) is 0 Å². The number of aliphatic imine (C=N–C) groups is 1. The predicted octanol–water partition coefficient (Wildman–Crippen LogP) is -0.0490. The molecule has 7 nitrogen and oxygen atoms in total. The van der Waals surface area contributed by atoms with Crippen LogP contribution in [-0.2, 0) is 4.79 Å². The number of benzene rings is 1. The van der Waals surface area contributed by atoms with Crippen molar-refractivity contribution in [2.24, 2.45) is 22.2 Å². The Morgan fingerprint density at radius 3 is 2.30 bits per heavy atom. The Bertz CT molecular complexity index is 431. The molecule has 1 aromatic rings. The number of nitrogens with two attached hydrogens (primary N) is 3. The third kappa shape index (κ3) is 9.60. The predicted molar refractivity (Wildman–Crippen MR) is 77.4 cm³/mol. The average Bonchev–Trinajstić information content (AvgIpc) is 2.44. The summed E-state index contributed by atoms with van der Waals surface area (Å²) in [5, 5.41) is 8.38. The third-order valence-electron chi connectivity index (χ3n) is 2.22. The van der Waals surface area contributed by atoms with Crippen molar-refractivity contribution in [3.05, 3.63) is 35.9 Å². The highest BCUT2D eigenvalue weighted by Crippen LogP contribution is 1.94. The molecule has 0 aromatic heterocycles. The first kappa shape index (κ1) is 17.6. The van der Waals surface area contributed by atoms with Gasteiger partial charge in [0.2, 0.25) is 0 Å². The van der Waals surface area contributed by atoms with Crippen molar-refractivity contribution in [2.75, 3.05) is 6.54 Å². The largest absolute Gasteiger partial charge is 0.480 e. The molecular formula is C13H20N4O3. The highest BCUT2D eigenvalue weighted by molar-refractivity contribution is 5.75. The highest BCUT2D eigenvalue weighted by atomic mass is 16.4. The van der Waals surface area contributed by atoms with E-state index in [1.807, 2.05) is 18.2 Å². The van der Waals surface area contributed by atoms with Crippen LogP contribution in [0.15, 0.2) is 35.3 Å². The molecule has 0 saturated heterocycles. The van der Waals surface area contributed by atoms with E-state index in [0.717, 1.165) is 11.8 Å². The quantitative estimate of drug-likeness (QED) is 0.249. The molecule has 0 radical (unpaired) electrons. The van der Waals surface area contributed by atoms with E-state index in [1.54, 1.807) is 12.1 Å². The summed E-state index contributed by atoms with van der Waals surface area (Å²) >= 11 is 0. The molecule has 7 heteroatoms. The molecule has 0 aliphatic heterocycles. The summed E-state index contributed by atoms with van der Waals surface area (Å²) in [4.78, 5) is 23.9. The first-order valence-corrected chi connectivity index (χ1v) is 6.01. The fourth-order valence-corrected chi connectivity index (χ4v) is 1.17. The van der Waals surface area contributed by atoms with Gasteiger partial charge in [0.25, 0.3) is 0 Å². The number of hydrogen-bond donors (Lipinski definition) is 4. The van der Waals surface area contributed by atoms with Crippen molar-refractivity contribution >= 4 is 18.2 Å². The lowest BCUT2D eigenvalue weighted by molar-refractivity contribution is -0.138. The Morgan fingerprint density at radius 2 is 1.90 bits per heavy atom. The minimum atomic E-state index is -1.00. The lowest BCUT2D eigenvalue weighted by Gasteiger charge is -2.03. The second-order valence-corrected chi connectivity index (χ2v) is 3.92. The summed E-state index contributed by atoms with van der Waals surface area (Å²) in [6, 6.07) is 8.28. The molecule has 1 rings (SSSR count). The molecule has 20 heavy (non-hydrogen) atoms. The average molecular weight is 280 g/mol. The van der Waals surface area contributed by atoms with Crippen LogP contribution in [0.5, 0.6) is 0 Å². The van der Waals surface area contributed by atoms with Gasteiger partial charge in [-0.15, -0.1) is 0 Å². The second-order valence-electron chi connectivity index (χ2n) is 3.92. The number of nitrogens with zero attached hydrogens (tertiary/aromatic N) is 1. The van der Waals surface area contributed by atoms with E-state index < -0.39 is 12.0 Å². The maximum atomic E-state index is 10.2. The maximum Gasteiger partial charge on any atom is 0.320 e. The van der Waals surface area contributed by atoms with Gasteiger partial charge >= 0.3 is 5.97 Å². The molecule has 0 heterocycles. The SMILES string of the molecule is NC(N)=NCCC[C@H](N)C(=O)O.O=Cc1ccccc1. The summed E-state index contributed by atoms with van der Waals surface area (Å²) in [5.74, 6) is -0.987. The Labute approximate surface area is 117 Å². The molecule has 0 aliphatic carbocycles. The van der Waals surface area contributed by atoms with Gasteiger partial charge in [0, 0.05) is 12.1 Å². The molecule has 110 valence electrons. The van der Waals surface area contributed by atoms with Gasteiger partial charge in [-0.2, -0.15) is 0 Å². The van der Waals surface area contributed by atoms with Gasteiger partial charge in [-0.05, 0) is 12.8 Å². The van der Waals surface area contributed by atoms with Crippen LogP contribution in [-0.4, -0.2) is 35.9 Å². The maximum absolute atomic E-state index is 10.2. The number of aliphatic carboxylic acids is 1. The highest BCUT2D eigenvalue weighted by Gasteiger charge is 2.09. The van der Waals surface area contributed by atoms with Crippen molar-refractivity contribution in [3.8, 4) is 0 Å². The van der Waals surface area contributed by atoms with Crippen molar-refractivity contribution in [1.82, 2.24) is 0 Å². The van der Waals surface area contributed by atoms with Gasteiger partial charge in [-0.1, -0.05) is 30.3 Å². The van der Waals surface area contributed by atoms with E-state index in [0.29, 0.717) is 19.4 Å². The van der Waals surface area contributed by atoms with Gasteiger partial charge in [0.05, 0.1) is 0 Å². The van der Waals surface area contributed by atoms with Gasteiger partial charge in [0.15, 0.2) is 5.96 Å². The normalized spacial score (nSPS) is 10.7. The summed E-state index contributed by atoms with van der Waals surface area (Å²) < 4.78 is 0. The van der Waals surface area contributed by atoms with Crippen molar-refractivity contribution in [1.29, 1.82) is 0 Å². The van der Waals surface area contributed by atoms with Crippen molar-refractivity contribution < 1.29 is 14.7 Å². The fraction of sp³-hybridized carbons (Fsp3) is 0.308. The Kier molecular flexibility index (Phi) is 9.24. The zero-order valence-electron chi connectivity index (χ0n) is 11.1. The summed E-state index contributed by atoms with van der Waals surface area (Å²) in [6.45, 7) is 0.420. The van der Waals surface area contributed by atoms with E-state index in [2.05, 4.69) is 4.99 Å².